The number of anilines is 1. The summed E-state index contributed by atoms with van der Waals surface area (Å²) >= 11 is 7.57. The largest absolute Gasteiger partial charge is 0.441 e. The topological polar surface area (TPSA) is 29.5 Å². The Morgan fingerprint density at radius 2 is 1.81 bits per heavy atom. The molecule has 132 valence electrons. The molecule has 2 atom stereocenters. The van der Waals surface area contributed by atoms with Crippen molar-refractivity contribution in [3.63, 3.8) is 0 Å². The summed E-state index contributed by atoms with van der Waals surface area (Å²) in [6.07, 6.45) is -0.259. The molecule has 0 bridgehead atoms. The molecular weight excluding hydrogens is 373 g/mol. The fourth-order valence-electron chi connectivity index (χ4n) is 3.15. The molecule has 0 saturated carbocycles. The number of cyclic esters (lactones) is 1. The summed E-state index contributed by atoms with van der Waals surface area (Å²) in [5.74, 6) is -0.312. The number of thiophene rings is 1. The predicted octanol–water partition coefficient (Wildman–Crippen LogP) is 6.37. The first-order valence-electron chi connectivity index (χ1n) is 8.16. The maximum Gasteiger partial charge on any atom is 0.415 e. The molecule has 1 unspecified atom stereocenters. The van der Waals surface area contributed by atoms with Crippen molar-refractivity contribution in [2.45, 2.75) is 18.6 Å². The van der Waals surface area contributed by atoms with Crippen molar-refractivity contribution in [1.82, 2.24) is 0 Å². The zero-order valence-electron chi connectivity index (χ0n) is 13.6. The van der Waals surface area contributed by atoms with E-state index in [1.165, 1.54) is 12.1 Å². The summed E-state index contributed by atoms with van der Waals surface area (Å²) < 4.78 is 18.9. The molecule has 1 amide bonds. The number of rotatable bonds is 3. The van der Waals surface area contributed by atoms with Crippen molar-refractivity contribution in [2.24, 2.45) is 0 Å². The highest BCUT2D eigenvalue weighted by Crippen LogP contribution is 2.42. The zero-order valence-corrected chi connectivity index (χ0v) is 15.2. The van der Waals surface area contributed by atoms with Crippen LogP contribution in [0.4, 0.5) is 14.9 Å². The Kier molecular flexibility index (Phi) is 4.66. The molecule has 1 fully saturated rings. The van der Waals surface area contributed by atoms with Gasteiger partial charge in [-0.15, -0.1) is 11.3 Å². The van der Waals surface area contributed by atoms with E-state index in [0.29, 0.717) is 11.4 Å². The van der Waals surface area contributed by atoms with E-state index in [-0.39, 0.29) is 11.9 Å². The first-order chi connectivity index (χ1) is 12.6. The van der Waals surface area contributed by atoms with Crippen LogP contribution < -0.4 is 4.90 Å². The van der Waals surface area contributed by atoms with E-state index < -0.39 is 12.2 Å². The lowest BCUT2D eigenvalue weighted by Crippen LogP contribution is -2.41. The number of carbonyl (C=O) groups is 1. The fraction of sp³-hybridized carbons (Fsp3) is 0.150. The van der Waals surface area contributed by atoms with Gasteiger partial charge in [0.2, 0.25) is 0 Å². The molecule has 1 saturated heterocycles. The Bertz CT molecular complexity index is 897. The lowest BCUT2D eigenvalue weighted by Gasteiger charge is -2.38. The lowest BCUT2D eigenvalue weighted by molar-refractivity contribution is 0.0715. The van der Waals surface area contributed by atoms with E-state index in [2.05, 4.69) is 0 Å². The van der Waals surface area contributed by atoms with Crippen molar-refractivity contribution in [3.05, 3.63) is 87.3 Å². The molecule has 4 rings (SSSR count). The van der Waals surface area contributed by atoms with Crippen LogP contribution in [0.15, 0.2) is 66.0 Å². The average Bonchev–Trinajstić information content (AvgIpc) is 3.17. The van der Waals surface area contributed by atoms with Crippen LogP contribution in [0.25, 0.3) is 0 Å². The second-order valence-electron chi connectivity index (χ2n) is 6.04. The molecule has 0 N–H and O–H groups in total. The number of halogens is 2. The second-order valence-corrected chi connectivity index (χ2v) is 7.45. The first kappa shape index (κ1) is 17.1. The summed E-state index contributed by atoms with van der Waals surface area (Å²) in [6, 6.07) is 17.0. The summed E-state index contributed by atoms with van der Waals surface area (Å²) in [7, 11) is 0. The first-order valence-corrected chi connectivity index (χ1v) is 9.42. The van der Waals surface area contributed by atoms with E-state index in [9.17, 15) is 9.18 Å². The molecule has 0 aliphatic carbocycles. The van der Waals surface area contributed by atoms with E-state index in [0.717, 1.165) is 16.1 Å². The van der Waals surface area contributed by atoms with Crippen LogP contribution in [-0.4, -0.2) is 6.09 Å². The van der Waals surface area contributed by atoms with Crippen molar-refractivity contribution >= 4 is 34.7 Å². The van der Waals surface area contributed by atoms with Crippen LogP contribution >= 0.6 is 22.9 Å². The quantitative estimate of drug-likeness (QED) is 0.522. The summed E-state index contributed by atoms with van der Waals surface area (Å²) in [5, 5.41) is 2.60. The van der Waals surface area contributed by atoms with Gasteiger partial charge in [0.05, 0.1) is 6.04 Å². The molecule has 1 aliphatic heterocycles. The summed E-state index contributed by atoms with van der Waals surface area (Å²) in [6.45, 7) is 0. The standard InChI is InChI=1S/C20H15ClFNO2S/c21-14-5-9-16(10-6-14)23-17(19-2-1-11-26-19)12-18(25-20(23)24)13-3-7-15(22)8-4-13/h1-11,17-18H,12H2/t17-,18?/m1/s1. The SMILES string of the molecule is O=C1OC(c2ccc(F)cc2)C[C@H](c2cccs2)N1c1ccc(Cl)cc1. The van der Waals surface area contributed by atoms with Gasteiger partial charge in [0.15, 0.2) is 0 Å². The molecule has 1 aliphatic rings. The molecule has 2 heterocycles. The Hall–Kier alpha value is -2.37. The van der Waals surface area contributed by atoms with Gasteiger partial charge in [-0.25, -0.2) is 9.18 Å². The molecule has 3 aromatic rings. The van der Waals surface area contributed by atoms with Crippen molar-refractivity contribution < 1.29 is 13.9 Å². The van der Waals surface area contributed by atoms with Gasteiger partial charge in [-0.1, -0.05) is 29.8 Å². The molecule has 6 heteroatoms. The number of nitrogens with zero attached hydrogens (tertiary/aromatic N) is 1. The van der Waals surface area contributed by atoms with Crippen LogP contribution in [0.2, 0.25) is 5.02 Å². The predicted molar refractivity (Wildman–Crippen MR) is 101 cm³/mol. The van der Waals surface area contributed by atoms with Crippen LogP contribution in [0.1, 0.15) is 29.0 Å². The van der Waals surface area contributed by atoms with Crippen LogP contribution in [0.3, 0.4) is 0 Å². The number of carbonyl (C=O) groups excluding carboxylic acids is 1. The maximum atomic E-state index is 13.2. The molecular formula is C20H15ClFNO2S. The van der Waals surface area contributed by atoms with E-state index in [1.807, 2.05) is 29.6 Å². The third-order valence-electron chi connectivity index (χ3n) is 4.41. The zero-order chi connectivity index (χ0) is 18.1. The summed E-state index contributed by atoms with van der Waals surface area (Å²) in [5.41, 5.74) is 1.52. The van der Waals surface area contributed by atoms with Gasteiger partial charge < -0.3 is 4.74 Å². The molecule has 26 heavy (non-hydrogen) atoms. The van der Waals surface area contributed by atoms with Gasteiger partial charge in [0.25, 0.3) is 0 Å². The monoisotopic (exact) mass is 387 g/mol. The van der Waals surface area contributed by atoms with Gasteiger partial charge in [-0.05, 0) is 53.4 Å². The van der Waals surface area contributed by atoms with E-state index in [1.54, 1.807) is 40.5 Å². The van der Waals surface area contributed by atoms with Gasteiger partial charge in [-0.3, -0.25) is 4.90 Å². The van der Waals surface area contributed by atoms with Crippen LogP contribution in [-0.2, 0) is 4.74 Å². The minimum atomic E-state index is -0.425. The number of hydrogen-bond donors (Lipinski definition) is 0. The number of hydrogen-bond acceptors (Lipinski definition) is 3. The fourth-order valence-corrected chi connectivity index (χ4v) is 4.11. The Balaban J connectivity index is 1.70. The van der Waals surface area contributed by atoms with Crippen molar-refractivity contribution in [1.29, 1.82) is 0 Å². The Morgan fingerprint density at radius 1 is 1.08 bits per heavy atom. The van der Waals surface area contributed by atoms with Gasteiger partial charge in [0, 0.05) is 22.0 Å². The third-order valence-corrected chi connectivity index (χ3v) is 5.63. The number of benzene rings is 2. The average molecular weight is 388 g/mol. The Morgan fingerprint density at radius 3 is 2.46 bits per heavy atom. The lowest BCUT2D eigenvalue weighted by atomic mass is 9.97. The van der Waals surface area contributed by atoms with Gasteiger partial charge in [0.1, 0.15) is 11.9 Å². The maximum absolute atomic E-state index is 13.2. The molecule has 2 aromatic carbocycles. The third kappa shape index (κ3) is 3.32. The molecule has 3 nitrogen and oxygen atoms in total. The Labute approximate surface area is 159 Å². The van der Waals surface area contributed by atoms with Gasteiger partial charge >= 0.3 is 6.09 Å². The van der Waals surface area contributed by atoms with Crippen molar-refractivity contribution in [2.75, 3.05) is 4.90 Å². The number of amides is 1. The number of ether oxygens (including phenoxy) is 1. The van der Waals surface area contributed by atoms with Crippen LogP contribution in [0, 0.1) is 5.82 Å². The highest BCUT2D eigenvalue weighted by molar-refractivity contribution is 7.10. The van der Waals surface area contributed by atoms with E-state index >= 15 is 0 Å². The molecule has 1 aromatic heterocycles. The minimum absolute atomic E-state index is 0.160. The van der Waals surface area contributed by atoms with Crippen molar-refractivity contribution in [3.8, 4) is 0 Å². The normalized spacial score (nSPS) is 20.1. The van der Waals surface area contributed by atoms with Crippen LogP contribution in [0.5, 0.6) is 0 Å². The summed E-state index contributed by atoms with van der Waals surface area (Å²) in [4.78, 5) is 15.6. The molecule has 0 spiro atoms. The smallest absolute Gasteiger partial charge is 0.415 e. The van der Waals surface area contributed by atoms with Gasteiger partial charge in [-0.2, -0.15) is 0 Å². The highest BCUT2D eigenvalue weighted by atomic mass is 35.5. The highest BCUT2D eigenvalue weighted by Gasteiger charge is 2.38. The second kappa shape index (κ2) is 7.09. The molecule has 0 radical (unpaired) electrons. The van der Waals surface area contributed by atoms with E-state index in [4.69, 9.17) is 16.3 Å². The minimum Gasteiger partial charge on any atom is -0.441 e.